The van der Waals surface area contributed by atoms with Crippen molar-refractivity contribution in [3.05, 3.63) is 49.1 Å². The van der Waals surface area contributed by atoms with Crippen molar-refractivity contribution in [3.63, 3.8) is 0 Å². The van der Waals surface area contributed by atoms with Crippen LogP contribution in [0.5, 0.6) is 0 Å². The monoisotopic (exact) mass is 120 g/mol. The highest BCUT2D eigenvalue weighted by atomic mass is 13.6. The Morgan fingerprint density at radius 1 is 0.889 bits per heavy atom. The first-order valence-corrected chi connectivity index (χ1v) is 2.99. The second-order valence-corrected chi connectivity index (χ2v) is 1.53. The van der Waals surface area contributed by atoms with Gasteiger partial charge in [-0.3, -0.25) is 0 Å². The maximum Gasteiger partial charge on any atom is -0.0467 e. The minimum absolute atomic E-state index is 1.75. The largest absolute Gasteiger partial charge is 0.0991 e. The Balaban J connectivity index is 3.46. The molecule has 0 unspecified atom stereocenters. The van der Waals surface area contributed by atoms with Gasteiger partial charge in [0.1, 0.15) is 0 Å². The van der Waals surface area contributed by atoms with Crippen molar-refractivity contribution in [1.82, 2.24) is 0 Å². The van der Waals surface area contributed by atoms with Gasteiger partial charge in [-0.05, 0) is 6.92 Å². The smallest absolute Gasteiger partial charge is 0.0467 e. The summed E-state index contributed by atoms with van der Waals surface area (Å²) >= 11 is 0. The van der Waals surface area contributed by atoms with Crippen LogP contribution in [0.3, 0.4) is 0 Å². The molecule has 0 amide bonds. The molecule has 0 aromatic carbocycles. The molecule has 0 aliphatic carbocycles. The summed E-state index contributed by atoms with van der Waals surface area (Å²) in [4.78, 5) is 0. The van der Waals surface area contributed by atoms with Crippen molar-refractivity contribution in [2.45, 2.75) is 6.92 Å². The lowest BCUT2D eigenvalue weighted by molar-refractivity contribution is 1.73. The topological polar surface area (TPSA) is 0 Å². The third-order valence-corrected chi connectivity index (χ3v) is 0.773. The van der Waals surface area contributed by atoms with Gasteiger partial charge in [-0.15, -0.1) is 0 Å². The summed E-state index contributed by atoms with van der Waals surface area (Å²) in [6.07, 6.45) is 13.5. The van der Waals surface area contributed by atoms with Crippen LogP contribution in [0.1, 0.15) is 6.92 Å². The molecule has 0 saturated carbocycles. The lowest BCUT2D eigenvalue weighted by Crippen LogP contribution is -1.47. The van der Waals surface area contributed by atoms with Gasteiger partial charge in [0.25, 0.3) is 0 Å². The first-order valence-electron chi connectivity index (χ1n) is 2.99. The zero-order valence-corrected chi connectivity index (χ0v) is 5.75. The molecule has 0 heterocycles. The van der Waals surface area contributed by atoms with Crippen LogP contribution in [0.4, 0.5) is 0 Å². The molecule has 9 heavy (non-hydrogen) atoms. The molecule has 0 aromatic rings. The van der Waals surface area contributed by atoms with Gasteiger partial charge >= 0.3 is 0 Å². The molecule has 0 aliphatic heterocycles. The lowest BCUT2D eigenvalue weighted by Gasteiger charge is -1.69. The zero-order chi connectivity index (χ0) is 6.95. The van der Waals surface area contributed by atoms with Crippen molar-refractivity contribution >= 4 is 0 Å². The predicted octanol–water partition coefficient (Wildman–Crippen LogP) is 2.86. The minimum Gasteiger partial charge on any atom is -0.0991 e. The van der Waals surface area contributed by atoms with Crippen LogP contribution in [0.25, 0.3) is 0 Å². The molecule has 0 atom stereocenters. The van der Waals surface area contributed by atoms with Gasteiger partial charge in [0.2, 0.25) is 0 Å². The van der Waals surface area contributed by atoms with Crippen molar-refractivity contribution in [3.8, 4) is 0 Å². The number of allylic oxidation sites excluding steroid dienone is 7. The first kappa shape index (κ1) is 7.96. The second-order valence-electron chi connectivity index (χ2n) is 1.53. The molecule has 0 fully saturated rings. The Morgan fingerprint density at radius 3 is 2.00 bits per heavy atom. The third-order valence-electron chi connectivity index (χ3n) is 0.773. The maximum atomic E-state index is 3.54. The minimum atomic E-state index is 1.75. The molecule has 0 nitrogen and oxygen atoms in total. The van der Waals surface area contributed by atoms with Gasteiger partial charge in [-0.25, -0.2) is 0 Å². The first-order chi connectivity index (χ1) is 4.41. The Labute approximate surface area is 56.9 Å². The normalized spacial score (nSPS) is 12.1. The molecular weight excluding hydrogens is 108 g/mol. The van der Waals surface area contributed by atoms with E-state index in [9.17, 15) is 0 Å². The van der Waals surface area contributed by atoms with E-state index in [1.54, 1.807) is 6.08 Å². The van der Waals surface area contributed by atoms with E-state index in [-0.39, 0.29) is 0 Å². The molecule has 0 aromatic heterocycles. The molecule has 0 N–H and O–H groups in total. The Hall–Kier alpha value is -1.04. The van der Waals surface area contributed by atoms with Crippen molar-refractivity contribution in [2.24, 2.45) is 0 Å². The second kappa shape index (κ2) is 6.96. The van der Waals surface area contributed by atoms with Gasteiger partial charge in [0.05, 0.1) is 0 Å². The summed E-state index contributed by atoms with van der Waals surface area (Å²) < 4.78 is 0. The molecule has 0 aliphatic rings. The molecule has 0 saturated heterocycles. The number of hydrogen-bond donors (Lipinski definition) is 0. The standard InChI is InChI=1S/C9H12/c1-3-5-7-9-8-6-4-2/h3-9H,1H2,2H3/b6-4+,7-5-,9-8-. The average molecular weight is 120 g/mol. The fraction of sp³-hybridized carbons (Fsp3) is 0.111. The molecule has 0 radical (unpaired) electrons. The van der Waals surface area contributed by atoms with Crippen LogP contribution < -0.4 is 0 Å². The summed E-state index contributed by atoms with van der Waals surface area (Å²) in [7, 11) is 0. The fourth-order valence-electron chi connectivity index (χ4n) is 0.382. The fourth-order valence-corrected chi connectivity index (χ4v) is 0.382. The third kappa shape index (κ3) is 6.96. The highest BCUT2D eigenvalue weighted by Gasteiger charge is 1.57. The van der Waals surface area contributed by atoms with Crippen LogP contribution in [0.2, 0.25) is 0 Å². The Kier molecular flexibility index (Phi) is 6.16. The summed E-state index contributed by atoms with van der Waals surface area (Å²) in [6.45, 7) is 5.53. The van der Waals surface area contributed by atoms with E-state index in [2.05, 4.69) is 6.58 Å². The van der Waals surface area contributed by atoms with E-state index < -0.39 is 0 Å². The number of hydrogen-bond acceptors (Lipinski definition) is 0. The molecule has 48 valence electrons. The van der Waals surface area contributed by atoms with Crippen molar-refractivity contribution < 1.29 is 0 Å². The summed E-state index contributed by atoms with van der Waals surface area (Å²) in [5.41, 5.74) is 0. The summed E-state index contributed by atoms with van der Waals surface area (Å²) in [5.74, 6) is 0. The highest BCUT2D eigenvalue weighted by Crippen LogP contribution is 1.79. The van der Waals surface area contributed by atoms with Crippen LogP contribution in [-0.4, -0.2) is 0 Å². The Bertz CT molecular complexity index is 136. The SMILES string of the molecule is C=C\C=C/C=C\C=C\C. The summed E-state index contributed by atoms with van der Waals surface area (Å²) in [5, 5.41) is 0. The van der Waals surface area contributed by atoms with Crippen LogP contribution in [-0.2, 0) is 0 Å². The van der Waals surface area contributed by atoms with Gasteiger partial charge in [-0.2, -0.15) is 0 Å². The highest BCUT2D eigenvalue weighted by molar-refractivity contribution is 5.13. The summed E-state index contributed by atoms with van der Waals surface area (Å²) in [6, 6.07) is 0. The quantitative estimate of drug-likeness (QED) is 0.502. The van der Waals surface area contributed by atoms with E-state index >= 15 is 0 Å². The average Bonchev–Trinajstić information content (AvgIpc) is 1.89. The maximum absolute atomic E-state index is 3.54. The molecular formula is C9H12. The lowest BCUT2D eigenvalue weighted by atomic mass is 10.4. The van der Waals surface area contributed by atoms with Gasteiger partial charge in [0.15, 0.2) is 0 Å². The van der Waals surface area contributed by atoms with E-state index in [4.69, 9.17) is 0 Å². The van der Waals surface area contributed by atoms with Gasteiger partial charge < -0.3 is 0 Å². The van der Waals surface area contributed by atoms with E-state index in [0.717, 1.165) is 0 Å². The van der Waals surface area contributed by atoms with E-state index in [1.165, 1.54) is 0 Å². The predicted molar refractivity (Wildman–Crippen MR) is 43.3 cm³/mol. The van der Waals surface area contributed by atoms with Gasteiger partial charge in [0, 0.05) is 0 Å². The molecule has 0 heteroatoms. The molecule has 0 bridgehead atoms. The van der Waals surface area contributed by atoms with Crippen molar-refractivity contribution in [2.75, 3.05) is 0 Å². The Morgan fingerprint density at radius 2 is 1.44 bits per heavy atom. The van der Waals surface area contributed by atoms with Gasteiger partial charge in [-0.1, -0.05) is 49.1 Å². The van der Waals surface area contributed by atoms with Crippen LogP contribution in [0.15, 0.2) is 49.1 Å². The van der Waals surface area contributed by atoms with E-state index in [1.807, 2.05) is 43.4 Å². The molecule has 0 rings (SSSR count). The number of rotatable bonds is 3. The van der Waals surface area contributed by atoms with Crippen LogP contribution >= 0.6 is 0 Å². The zero-order valence-electron chi connectivity index (χ0n) is 5.75. The van der Waals surface area contributed by atoms with Crippen molar-refractivity contribution in [1.29, 1.82) is 0 Å². The van der Waals surface area contributed by atoms with E-state index in [0.29, 0.717) is 0 Å². The molecule has 0 spiro atoms. The van der Waals surface area contributed by atoms with Crippen LogP contribution in [0, 0.1) is 0 Å².